The minimum atomic E-state index is 0.611. The molecule has 1 fully saturated rings. The fourth-order valence-electron chi connectivity index (χ4n) is 2.55. The van der Waals surface area contributed by atoms with E-state index in [0.717, 1.165) is 18.8 Å². The van der Waals surface area contributed by atoms with Crippen molar-refractivity contribution in [3.05, 3.63) is 11.1 Å². The van der Waals surface area contributed by atoms with Crippen molar-refractivity contribution in [1.82, 2.24) is 24.7 Å². The van der Waals surface area contributed by atoms with Crippen molar-refractivity contribution >= 4 is 11.5 Å². The highest BCUT2D eigenvalue weighted by molar-refractivity contribution is 7.03. The highest BCUT2D eigenvalue weighted by Crippen LogP contribution is 2.13. The number of aromatic nitrogens is 2. The Bertz CT molecular complexity index is 346. The Hall–Kier alpha value is -0.560. The summed E-state index contributed by atoms with van der Waals surface area (Å²) in [4.78, 5) is 5.03. The van der Waals surface area contributed by atoms with Crippen molar-refractivity contribution in [3.8, 4) is 0 Å². The third kappa shape index (κ3) is 4.49. The Labute approximate surface area is 120 Å². The standard InChI is InChI=1S/C13H25N5S/c1-11(2)13(18-6-4-17(3)5-7-18)9-14-8-12-10-19-16-15-12/h10-11,13-14H,4-9H2,1-3H3. The molecule has 1 N–H and O–H groups in total. The summed E-state index contributed by atoms with van der Waals surface area (Å²) >= 11 is 1.42. The van der Waals surface area contributed by atoms with Gasteiger partial charge in [-0.1, -0.05) is 18.3 Å². The topological polar surface area (TPSA) is 44.3 Å². The average molecular weight is 283 g/mol. The van der Waals surface area contributed by atoms with Crippen molar-refractivity contribution < 1.29 is 0 Å². The summed E-state index contributed by atoms with van der Waals surface area (Å²) in [5, 5.41) is 9.60. The first-order valence-corrected chi connectivity index (χ1v) is 7.89. The van der Waals surface area contributed by atoms with Gasteiger partial charge < -0.3 is 10.2 Å². The van der Waals surface area contributed by atoms with Gasteiger partial charge >= 0.3 is 0 Å². The van der Waals surface area contributed by atoms with Crippen molar-refractivity contribution in [1.29, 1.82) is 0 Å². The molecule has 1 aliphatic rings. The van der Waals surface area contributed by atoms with Crippen LogP contribution >= 0.6 is 11.5 Å². The molecule has 0 saturated carbocycles. The van der Waals surface area contributed by atoms with E-state index in [4.69, 9.17) is 0 Å². The Kier molecular flexibility index (Phi) is 5.69. The summed E-state index contributed by atoms with van der Waals surface area (Å²) < 4.78 is 3.89. The molecule has 1 aromatic heterocycles. The zero-order valence-corrected chi connectivity index (χ0v) is 13.0. The maximum absolute atomic E-state index is 4.07. The van der Waals surface area contributed by atoms with Gasteiger partial charge in [-0.05, 0) is 24.5 Å². The summed E-state index contributed by atoms with van der Waals surface area (Å²) in [5.74, 6) is 0.671. The second-order valence-corrected chi connectivity index (χ2v) is 6.29. The summed E-state index contributed by atoms with van der Waals surface area (Å²) in [6, 6.07) is 0.611. The van der Waals surface area contributed by atoms with E-state index in [0.29, 0.717) is 12.0 Å². The molecule has 0 amide bonds. The van der Waals surface area contributed by atoms with Crippen LogP contribution in [0.3, 0.4) is 0 Å². The fraction of sp³-hybridized carbons (Fsp3) is 0.846. The van der Waals surface area contributed by atoms with Gasteiger partial charge in [0.1, 0.15) is 0 Å². The van der Waals surface area contributed by atoms with Crippen LogP contribution in [-0.2, 0) is 6.54 Å². The maximum atomic E-state index is 4.07. The highest BCUT2D eigenvalue weighted by Gasteiger charge is 2.24. The smallest absolute Gasteiger partial charge is 0.0893 e. The molecule has 2 rings (SSSR count). The first-order valence-electron chi connectivity index (χ1n) is 7.06. The molecule has 0 aromatic carbocycles. The van der Waals surface area contributed by atoms with Gasteiger partial charge in [-0.15, -0.1) is 5.10 Å². The third-order valence-corrected chi connectivity index (χ3v) is 4.39. The van der Waals surface area contributed by atoms with Crippen LogP contribution in [0.4, 0.5) is 0 Å². The van der Waals surface area contributed by atoms with Crippen LogP contribution < -0.4 is 5.32 Å². The predicted octanol–water partition coefficient (Wildman–Crippen LogP) is 0.900. The van der Waals surface area contributed by atoms with Crippen molar-refractivity contribution in [2.75, 3.05) is 39.8 Å². The average Bonchev–Trinajstić information content (AvgIpc) is 2.89. The number of hydrogen-bond acceptors (Lipinski definition) is 6. The van der Waals surface area contributed by atoms with Gasteiger partial charge in [0.2, 0.25) is 0 Å². The molecule has 0 aliphatic carbocycles. The molecule has 19 heavy (non-hydrogen) atoms. The molecular formula is C13H25N5S. The Morgan fingerprint density at radius 3 is 2.63 bits per heavy atom. The SMILES string of the molecule is CC(C)C(CNCc1csnn1)N1CCN(C)CC1. The van der Waals surface area contributed by atoms with E-state index in [1.807, 2.05) is 5.38 Å². The maximum Gasteiger partial charge on any atom is 0.0893 e. The number of nitrogens with zero attached hydrogens (tertiary/aromatic N) is 4. The number of likely N-dealkylation sites (N-methyl/N-ethyl adjacent to an activating group) is 1. The molecule has 0 bridgehead atoms. The van der Waals surface area contributed by atoms with Gasteiger partial charge in [-0.2, -0.15) is 0 Å². The van der Waals surface area contributed by atoms with Gasteiger partial charge in [0.15, 0.2) is 0 Å². The first kappa shape index (κ1) is 14.8. The summed E-state index contributed by atoms with van der Waals surface area (Å²) in [6.07, 6.45) is 0. The lowest BCUT2D eigenvalue weighted by molar-refractivity contribution is 0.0875. The molecule has 0 radical (unpaired) electrons. The summed E-state index contributed by atoms with van der Waals surface area (Å²) in [7, 11) is 2.20. The van der Waals surface area contributed by atoms with E-state index in [2.05, 4.69) is 45.6 Å². The van der Waals surface area contributed by atoms with E-state index >= 15 is 0 Å². The highest BCUT2D eigenvalue weighted by atomic mass is 32.1. The third-order valence-electron chi connectivity index (χ3n) is 3.84. The Balaban J connectivity index is 1.79. The lowest BCUT2D eigenvalue weighted by Gasteiger charge is -2.40. The molecule has 6 heteroatoms. The van der Waals surface area contributed by atoms with Crippen molar-refractivity contribution in [2.45, 2.75) is 26.4 Å². The number of nitrogens with one attached hydrogen (secondary N) is 1. The van der Waals surface area contributed by atoms with E-state index in [-0.39, 0.29) is 0 Å². The molecule has 1 atom stereocenters. The fourth-order valence-corrected chi connectivity index (χ4v) is 3.00. The minimum absolute atomic E-state index is 0.611. The van der Waals surface area contributed by atoms with E-state index in [1.165, 1.54) is 37.7 Å². The van der Waals surface area contributed by atoms with Crippen LogP contribution in [0.25, 0.3) is 0 Å². The number of rotatable bonds is 6. The summed E-state index contributed by atoms with van der Waals surface area (Å²) in [6.45, 7) is 11.2. The van der Waals surface area contributed by atoms with Crippen LogP contribution in [0, 0.1) is 5.92 Å². The molecular weight excluding hydrogens is 258 g/mol. The van der Waals surface area contributed by atoms with Crippen LogP contribution in [0.15, 0.2) is 5.38 Å². The van der Waals surface area contributed by atoms with Crippen molar-refractivity contribution in [2.24, 2.45) is 5.92 Å². The molecule has 1 aromatic rings. The van der Waals surface area contributed by atoms with Crippen LogP contribution in [0.2, 0.25) is 0 Å². The monoisotopic (exact) mass is 283 g/mol. The quantitative estimate of drug-likeness (QED) is 0.840. The van der Waals surface area contributed by atoms with E-state index in [1.54, 1.807) is 0 Å². The number of hydrogen-bond donors (Lipinski definition) is 1. The normalized spacial score (nSPS) is 20.0. The Morgan fingerprint density at radius 1 is 1.32 bits per heavy atom. The molecule has 1 aliphatic heterocycles. The van der Waals surface area contributed by atoms with Crippen LogP contribution in [0.5, 0.6) is 0 Å². The van der Waals surface area contributed by atoms with Gasteiger partial charge in [0.05, 0.1) is 5.69 Å². The zero-order valence-electron chi connectivity index (χ0n) is 12.2. The second-order valence-electron chi connectivity index (χ2n) is 5.68. The van der Waals surface area contributed by atoms with E-state index in [9.17, 15) is 0 Å². The predicted molar refractivity (Wildman–Crippen MR) is 79.3 cm³/mol. The minimum Gasteiger partial charge on any atom is -0.310 e. The second kappa shape index (κ2) is 7.28. The van der Waals surface area contributed by atoms with Crippen LogP contribution in [0.1, 0.15) is 19.5 Å². The number of piperazine rings is 1. The van der Waals surface area contributed by atoms with Gasteiger partial charge in [0, 0.05) is 50.7 Å². The molecule has 5 nitrogen and oxygen atoms in total. The van der Waals surface area contributed by atoms with Crippen LogP contribution in [-0.4, -0.2) is 65.2 Å². The van der Waals surface area contributed by atoms with Crippen molar-refractivity contribution in [3.63, 3.8) is 0 Å². The van der Waals surface area contributed by atoms with Gasteiger partial charge in [-0.3, -0.25) is 4.90 Å². The first-order chi connectivity index (χ1) is 9.16. The van der Waals surface area contributed by atoms with Gasteiger partial charge in [-0.25, -0.2) is 0 Å². The molecule has 2 heterocycles. The summed E-state index contributed by atoms with van der Waals surface area (Å²) in [5.41, 5.74) is 1.05. The lowest BCUT2D eigenvalue weighted by Crippen LogP contribution is -2.53. The largest absolute Gasteiger partial charge is 0.310 e. The zero-order chi connectivity index (χ0) is 13.7. The molecule has 0 spiro atoms. The molecule has 108 valence electrons. The van der Waals surface area contributed by atoms with Gasteiger partial charge in [0.25, 0.3) is 0 Å². The van der Waals surface area contributed by atoms with E-state index < -0.39 is 0 Å². The molecule has 1 unspecified atom stereocenters. The lowest BCUT2D eigenvalue weighted by atomic mass is 10.0. The Morgan fingerprint density at radius 2 is 2.05 bits per heavy atom. The molecule has 1 saturated heterocycles.